The summed E-state index contributed by atoms with van der Waals surface area (Å²) < 4.78 is 3.13. The molecular weight excluding hydrogens is 374 g/mol. The lowest BCUT2D eigenvalue weighted by Crippen LogP contribution is -2.23. The van der Waals surface area contributed by atoms with Crippen molar-refractivity contribution in [2.45, 2.75) is 26.3 Å². The molecule has 0 radical (unpaired) electrons. The Morgan fingerprint density at radius 2 is 1.71 bits per heavy atom. The van der Waals surface area contributed by atoms with Crippen molar-refractivity contribution in [2.75, 3.05) is 0 Å². The van der Waals surface area contributed by atoms with E-state index in [0.717, 1.165) is 12.8 Å². The summed E-state index contributed by atoms with van der Waals surface area (Å²) >= 11 is 5.93. The maximum atomic E-state index is 13.0. The first-order chi connectivity index (χ1) is 13.5. The number of halogens is 1. The van der Waals surface area contributed by atoms with Gasteiger partial charge in [-0.25, -0.2) is 4.68 Å². The van der Waals surface area contributed by atoms with E-state index in [0.29, 0.717) is 33.9 Å². The van der Waals surface area contributed by atoms with Crippen LogP contribution in [0, 0.1) is 6.92 Å². The van der Waals surface area contributed by atoms with Crippen LogP contribution in [0.1, 0.15) is 17.7 Å². The molecule has 0 unspecified atom stereocenters. The van der Waals surface area contributed by atoms with Gasteiger partial charge in [0.2, 0.25) is 0 Å². The summed E-state index contributed by atoms with van der Waals surface area (Å²) in [7, 11) is 0. The summed E-state index contributed by atoms with van der Waals surface area (Å²) in [5, 5.41) is 4.17. The van der Waals surface area contributed by atoms with Gasteiger partial charge in [0.25, 0.3) is 11.1 Å². The zero-order valence-electron chi connectivity index (χ0n) is 15.5. The summed E-state index contributed by atoms with van der Waals surface area (Å²) in [5.74, 6) is 0. The first-order valence-electron chi connectivity index (χ1n) is 9.19. The second-order valence-electron chi connectivity index (χ2n) is 6.83. The van der Waals surface area contributed by atoms with E-state index in [9.17, 15) is 9.59 Å². The number of fused-ring (bicyclic) bond motifs is 1. The molecule has 0 aliphatic carbocycles. The van der Waals surface area contributed by atoms with E-state index < -0.39 is 0 Å². The number of H-pyrrole nitrogens is 1. The van der Waals surface area contributed by atoms with Gasteiger partial charge in [0, 0.05) is 23.3 Å². The third kappa shape index (κ3) is 3.41. The number of rotatable bonds is 5. The summed E-state index contributed by atoms with van der Waals surface area (Å²) in [6.45, 7) is 2.40. The highest BCUT2D eigenvalue weighted by atomic mass is 35.5. The van der Waals surface area contributed by atoms with E-state index in [1.165, 1.54) is 16.3 Å². The first-order valence-corrected chi connectivity index (χ1v) is 9.57. The highest BCUT2D eigenvalue weighted by Gasteiger charge is 2.15. The van der Waals surface area contributed by atoms with Crippen LogP contribution in [0.15, 0.2) is 70.3 Å². The average Bonchev–Trinajstić information content (AvgIpc) is 3.02. The molecule has 0 bridgehead atoms. The highest BCUT2D eigenvalue weighted by molar-refractivity contribution is 6.30. The van der Waals surface area contributed by atoms with Crippen molar-refractivity contribution in [3.05, 3.63) is 97.7 Å². The van der Waals surface area contributed by atoms with Crippen LogP contribution in [-0.4, -0.2) is 14.3 Å². The van der Waals surface area contributed by atoms with Crippen molar-refractivity contribution in [3.63, 3.8) is 0 Å². The largest absolute Gasteiger partial charge is 0.312 e. The quantitative estimate of drug-likeness (QED) is 0.555. The number of aromatic amines is 1. The molecule has 2 aromatic carbocycles. The zero-order chi connectivity index (χ0) is 19.7. The van der Waals surface area contributed by atoms with E-state index in [1.807, 2.05) is 25.1 Å². The molecule has 0 spiro atoms. The lowest BCUT2D eigenvalue weighted by Gasteiger charge is -2.10. The summed E-state index contributed by atoms with van der Waals surface area (Å²) in [6, 6.07) is 18.7. The number of hydrogen-bond acceptors (Lipinski definition) is 2. The van der Waals surface area contributed by atoms with Gasteiger partial charge in [0.15, 0.2) is 0 Å². The van der Waals surface area contributed by atoms with E-state index in [4.69, 9.17) is 11.6 Å². The van der Waals surface area contributed by atoms with Crippen molar-refractivity contribution < 1.29 is 0 Å². The van der Waals surface area contributed by atoms with Gasteiger partial charge < -0.3 is 4.57 Å². The molecule has 0 amide bonds. The molecule has 4 rings (SSSR count). The van der Waals surface area contributed by atoms with Gasteiger partial charge in [-0.05, 0) is 49.6 Å². The van der Waals surface area contributed by atoms with Crippen molar-refractivity contribution in [1.82, 2.24) is 14.3 Å². The van der Waals surface area contributed by atoms with Gasteiger partial charge in [-0.1, -0.05) is 41.9 Å². The fraction of sp³-hybridized carbons (Fsp3) is 0.182. The third-order valence-electron chi connectivity index (χ3n) is 4.99. The number of aryl methyl sites for hydroxylation is 2. The third-order valence-corrected chi connectivity index (χ3v) is 5.25. The van der Waals surface area contributed by atoms with E-state index in [-0.39, 0.29) is 11.1 Å². The fourth-order valence-electron chi connectivity index (χ4n) is 3.55. The topological polar surface area (TPSA) is 59.8 Å². The van der Waals surface area contributed by atoms with Crippen molar-refractivity contribution in [2.24, 2.45) is 0 Å². The SMILES string of the molecule is Cc1c2c(=O)n(-c3ccc(Cl)cc3)[nH]c2cc(=O)n1CCCc1ccccc1. The van der Waals surface area contributed by atoms with E-state index >= 15 is 0 Å². The normalized spacial score (nSPS) is 11.2. The molecule has 1 N–H and O–H groups in total. The summed E-state index contributed by atoms with van der Waals surface area (Å²) in [5.41, 5.74) is 2.86. The van der Waals surface area contributed by atoms with Gasteiger partial charge in [-0.15, -0.1) is 0 Å². The van der Waals surface area contributed by atoms with Crippen LogP contribution >= 0.6 is 11.6 Å². The van der Waals surface area contributed by atoms with Gasteiger partial charge in [0.1, 0.15) is 0 Å². The minimum Gasteiger partial charge on any atom is -0.312 e. The van der Waals surface area contributed by atoms with Gasteiger partial charge >= 0.3 is 0 Å². The Kier molecular flexibility index (Phi) is 4.92. The number of nitrogens with one attached hydrogen (secondary N) is 1. The van der Waals surface area contributed by atoms with Crippen molar-refractivity contribution >= 4 is 22.5 Å². The molecule has 0 atom stereocenters. The predicted molar refractivity (Wildman–Crippen MR) is 113 cm³/mol. The minimum atomic E-state index is -0.174. The molecular formula is C22H20ClN3O2. The van der Waals surface area contributed by atoms with Crippen LogP contribution < -0.4 is 11.1 Å². The van der Waals surface area contributed by atoms with Crippen LogP contribution in [-0.2, 0) is 13.0 Å². The molecule has 0 fully saturated rings. The smallest absolute Gasteiger partial charge is 0.280 e. The van der Waals surface area contributed by atoms with Gasteiger partial charge in [0.05, 0.1) is 16.6 Å². The Balaban J connectivity index is 1.69. The molecule has 0 aliphatic rings. The van der Waals surface area contributed by atoms with E-state index in [2.05, 4.69) is 17.2 Å². The second-order valence-corrected chi connectivity index (χ2v) is 7.26. The molecule has 28 heavy (non-hydrogen) atoms. The van der Waals surface area contributed by atoms with Crippen molar-refractivity contribution in [3.8, 4) is 5.69 Å². The number of hydrogen-bond donors (Lipinski definition) is 1. The van der Waals surface area contributed by atoms with Crippen LogP contribution in [0.5, 0.6) is 0 Å². The van der Waals surface area contributed by atoms with Crippen LogP contribution in [0.3, 0.4) is 0 Å². The molecule has 0 saturated carbocycles. The number of nitrogens with zero attached hydrogens (tertiary/aromatic N) is 2. The Morgan fingerprint density at radius 1 is 1.00 bits per heavy atom. The molecule has 2 heterocycles. The molecule has 4 aromatic rings. The summed E-state index contributed by atoms with van der Waals surface area (Å²) in [4.78, 5) is 25.6. The molecule has 2 aromatic heterocycles. The Morgan fingerprint density at radius 3 is 2.43 bits per heavy atom. The second kappa shape index (κ2) is 7.52. The average molecular weight is 394 g/mol. The monoisotopic (exact) mass is 393 g/mol. The Labute approximate surface area is 166 Å². The highest BCUT2D eigenvalue weighted by Crippen LogP contribution is 2.16. The first kappa shape index (κ1) is 18.3. The lowest BCUT2D eigenvalue weighted by atomic mass is 10.1. The maximum Gasteiger partial charge on any atom is 0.280 e. The van der Waals surface area contributed by atoms with Gasteiger partial charge in [-0.3, -0.25) is 14.7 Å². The molecule has 0 saturated heterocycles. The molecule has 6 heteroatoms. The molecule has 0 aliphatic heterocycles. The predicted octanol–water partition coefficient (Wildman–Crippen LogP) is 4.08. The number of pyridine rings is 1. The van der Waals surface area contributed by atoms with Crippen molar-refractivity contribution in [1.29, 1.82) is 0 Å². The fourth-order valence-corrected chi connectivity index (χ4v) is 3.67. The lowest BCUT2D eigenvalue weighted by molar-refractivity contribution is 0.611. The standard InChI is InChI=1S/C22H20ClN3O2/c1-15-21-19(24-26(22(21)28)18-11-9-17(23)10-12-18)14-20(27)25(15)13-5-8-16-6-3-2-4-7-16/h2-4,6-7,9-12,14,24H,5,8,13H2,1H3. The van der Waals surface area contributed by atoms with Crippen LogP contribution in [0.4, 0.5) is 0 Å². The van der Waals surface area contributed by atoms with Crippen LogP contribution in [0.2, 0.25) is 5.02 Å². The number of benzene rings is 2. The Bertz CT molecular complexity index is 1240. The maximum absolute atomic E-state index is 13.0. The summed E-state index contributed by atoms with van der Waals surface area (Å²) in [6.07, 6.45) is 1.71. The number of aromatic nitrogens is 3. The molecule has 142 valence electrons. The minimum absolute atomic E-state index is 0.109. The van der Waals surface area contributed by atoms with Gasteiger partial charge in [-0.2, -0.15) is 0 Å². The zero-order valence-corrected chi connectivity index (χ0v) is 16.2. The molecule has 5 nitrogen and oxygen atoms in total. The van der Waals surface area contributed by atoms with Crippen LogP contribution in [0.25, 0.3) is 16.6 Å². The van der Waals surface area contributed by atoms with E-state index in [1.54, 1.807) is 28.8 Å². The Hall–Kier alpha value is -3.05.